The van der Waals surface area contributed by atoms with Crippen LogP contribution < -0.4 is 16.0 Å². The molecule has 0 radical (unpaired) electrons. The zero-order valence-corrected chi connectivity index (χ0v) is 13.0. The first kappa shape index (κ1) is 14.8. The molecule has 3 N–H and O–H groups in total. The quantitative estimate of drug-likeness (QED) is 0.908. The Balaban J connectivity index is 1.83. The van der Waals surface area contributed by atoms with Gasteiger partial charge in [0.05, 0.1) is 0 Å². The van der Waals surface area contributed by atoms with Gasteiger partial charge in [-0.2, -0.15) is 4.98 Å². The third-order valence-electron chi connectivity index (χ3n) is 4.02. The predicted octanol–water partition coefficient (Wildman–Crippen LogP) is 2.71. The number of aryl methyl sites for hydroxylation is 1. The fourth-order valence-corrected chi connectivity index (χ4v) is 2.66. The van der Waals surface area contributed by atoms with Crippen molar-refractivity contribution in [2.45, 2.75) is 32.2 Å². The molecule has 0 bridgehead atoms. The van der Waals surface area contributed by atoms with Gasteiger partial charge in [0.25, 0.3) is 0 Å². The Morgan fingerprint density at radius 2 is 1.91 bits per heavy atom. The second-order valence-corrected chi connectivity index (χ2v) is 5.71. The first-order valence-electron chi connectivity index (χ1n) is 7.95. The summed E-state index contributed by atoms with van der Waals surface area (Å²) in [4.78, 5) is 11.6. The molecule has 1 saturated heterocycles. The van der Waals surface area contributed by atoms with Crippen LogP contribution in [0.2, 0.25) is 0 Å². The molecule has 1 aromatic carbocycles. The van der Waals surface area contributed by atoms with E-state index in [0.29, 0.717) is 12.0 Å². The lowest BCUT2D eigenvalue weighted by molar-refractivity contribution is 0.498. The highest BCUT2D eigenvalue weighted by molar-refractivity contribution is 5.55. The molecule has 1 aromatic heterocycles. The summed E-state index contributed by atoms with van der Waals surface area (Å²) < 4.78 is 0. The average molecular weight is 297 g/mol. The molecule has 0 unspecified atom stereocenters. The maximum absolute atomic E-state index is 5.99. The van der Waals surface area contributed by atoms with Gasteiger partial charge in [0.15, 0.2) is 0 Å². The average Bonchev–Trinajstić information content (AvgIpc) is 2.56. The van der Waals surface area contributed by atoms with E-state index in [1.54, 1.807) is 0 Å². The van der Waals surface area contributed by atoms with Gasteiger partial charge in [-0.05, 0) is 31.4 Å². The second kappa shape index (κ2) is 6.75. The molecule has 0 amide bonds. The topological polar surface area (TPSA) is 67.1 Å². The number of para-hydroxylation sites is 1. The Bertz CT molecular complexity index is 606. The van der Waals surface area contributed by atoms with Crippen LogP contribution in [-0.2, 0) is 6.42 Å². The number of hydrogen-bond acceptors (Lipinski definition) is 5. The molecule has 2 aromatic rings. The molecule has 22 heavy (non-hydrogen) atoms. The molecule has 1 fully saturated rings. The van der Waals surface area contributed by atoms with Crippen molar-refractivity contribution in [2.24, 2.45) is 5.73 Å². The molecule has 2 heterocycles. The molecular formula is C17H23N5. The number of aromatic nitrogens is 2. The molecule has 0 atom stereocenters. The Morgan fingerprint density at radius 3 is 2.59 bits per heavy atom. The van der Waals surface area contributed by atoms with Crippen molar-refractivity contribution in [1.29, 1.82) is 0 Å². The number of piperidine rings is 1. The standard InChI is InChI=1S/C17H23N5/c1-2-14-12-16(22-10-8-13(18)9-11-22)21-17(19-14)20-15-6-4-3-5-7-15/h3-7,12-13H,2,8-11,18H2,1H3,(H,19,20,21). The van der Waals surface area contributed by atoms with Crippen molar-refractivity contribution >= 4 is 17.5 Å². The molecule has 0 spiro atoms. The van der Waals surface area contributed by atoms with Crippen molar-refractivity contribution in [3.8, 4) is 0 Å². The summed E-state index contributed by atoms with van der Waals surface area (Å²) in [6.07, 6.45) is 2.94. The van der Waals surface area contributed by atoms with Crippen molar-refractivity contribution in [1.82, 2.24) is 9.97 Å². The van der Waals surface area contributed by atoms with E-state index in [1.807, 2.05) is 30.3 Å². The van der Waals surface area contributed by atoms with Crippen molar-refractivity contribution < 1.29 is 0 Å². The number of nitrogens with one attached hydrogen (secondary N) is 1. The van der Waals surface area contributed by atoms with Crippen LogP contribution in [0, 0.1) is 0 Å². The minimum atomic E-state index is 0.325. The van der Waals surface area contributed by atoms with Crippen LogP contribution in [-0.4, -0.2) is 29.1 Å². The third kappa shape index (κ3) is 3.54. The Morgan fingerprint density at radius 1 is 1.18 bits per heavy atom. The van der Waals surface area contributed by atoms with E-state index in [1.165, 1.54) is 0 Å². The Hall–Kier alpha value is -2.14. The summed E-state index contributed by atoms with van der Waals surface area (Å²) in [5.41, 5.74) is 8.05. The van der Waals surface area contributed by atoms with Crippen LogP contribution in [0.25, 0.3) is 0 Å². The zero-order chi connectivity index (χ0) is 15.4. The largest absolute Gasteiger partial charge is 0.356 e. The lowest BCUT2D eigenvalue weighted by Gasteiger charge is -2.31. The van der Waals surface area contributed by atoms with E-state index in [2.05, 4.69) is 33.2 Å². The summed E-state index contributed by atoms with van der Waals surface area (Å²) in [6.45, 7) is 4.04. The molecule has 0 aliphatic carbocycles. The fourth-order valence-electron chi connectivity index (χ4n) is 2.66. The molecule has 1 aliphatic heterocycles. The van der Waals surface area contributed by atoms with E-state index < -0.39 is 0 Å². The van der Waals surface area contributed by atoms with Crippen LogP contribution >= 0.6 is 0 Å². The van der Waals surface area contributed by atoms with Crippen LogP contribution in [0.4, 0.5) is 17.5 Å². The molecule has 3 rings (SSSR count). The van der Waals surface area contributed by atoms with Crippen molar-refractivity contribution in [3.05, 3.63) is 42.1 Å². The van der Waals surface area contributed by atoms with Gasteiger partial charge in [0, 0.05) is 36.6 Å². The molecule has 5 heteroatoms. The number of nitrogens with zero attached hydrogens (tertiary/aromatic N) is 3. The van der Waals surface area contributed by atoms with E-state index >= 15 is 0 Å². The minimum Gasteiger partial charge on any atom is -0.356 e. The highest BCUT2D eigenvalue weighted by Gasteiger charge is 2.18. The summed E-state index contributed by atoms with van der Waals surface area (Å²) in [5, 5.41) is 3.29. The number of nitrogens with two attached hydrogens (primary N) is 1. The van der Waals surface area contributed by atoms with Gasteiger partial charge >= 0.3 is 0 Å². The fraction of sp³-hybridized carbons (Fsp3) is 0.412. The Kier molecular flexibility index (Phi) is 4.53. The van der Waals surface area contributed by atoms with Gasteiger partial charge in [-0.3, -0.25) is 0 Å². The number of hydrogen-bond donors (Lipinski definition) is 2. The Labute approximate surface area is 131 Å². The molecule has 5 nitrogen and oxygen atoms in total. The lowest BCUT2D eigenvalue weighted by atomic mass is 10.1. The predicted molar refractivity (Wildman–Crippen MR) is 90.6 cm³/mol. The lowest BCUT2D eigenvalue weighted by Crippen LogP contribution is -2.40. The van der Waals surface area contributed by atoms with Gasteiger partial charge in [0.2, 0.25) is 5.95 Å². The highest BCUT2D eigenvalue weighted by Crippen LogP contribution is 2.21. The molecule has 116 valence electrons. The summed E-state index contributed by atoms with van der Waals surface area (Å²) in [7, 11) is 0. The maximum Gasteiger partial charge on any atom is 0.229 e. The van der Waals surface area contributed by atoms with Crippen LogP contribution in [0.3, 0.4) is 0 Å². The van der Waals surface area contributed by atoms with E-state index in [-0.39, 0.29) is 0 Å². The zero-order valence-electron chi connectivity index (χ0n) is 13.0. The monoisotopic (exact) mass is 297 g/mol. The summed E-state index contributed by atoms with van der Waals surface area (Å²) in [5.74, 6) is 1.66. The molecule has 0 saturated carbocycles. The third-order valence-corrected chi connectivity index (χ3v) is 4.02. The van der Waals surface area contributed by atoms with Crippen LogP contribution in [0.15, 0.2) is 36.4 Å². The smallest absolute Gasteiger partial charge is 0.229 e. The highest BCUT2D eigenvalue weighted by atomic mass is 15.2. The van der Waals surface area contributed by atoms with E-state index in [4.69, 9.17) is 5.73 Å². The van der Waals surface area contributed by atoms with Crippen molar-refractivity contribution in [2.75, 3.05) is 23.3 Å². The first-order chi connectivity index (χ1) is 10.7. The minimum absolute atomic E-state index is 0.325. The maximum atomic E-state index is 5.99. The van der Waals surface area contributed by atoms with E-state index in [0.717, 1.165) is 49.6 Å². The van der Waals surface area contributed by atoms with Gasteiger partial charge in [0.1, 0.15) is 5.82 Å². The van der Waals surface area contributed by atoms with Gasteiger partial charge in [-0.1, -0.05) is 25.1 Å². The summed E-state index contributed by atoms with van der Waals surface area (Å²) >= 11 is 0. The number of rotatable bonds is 4. The van der Waals surface area contributed by atoms with Gasteiger partial charge < -0.3 is 16.0 Å². The van der Waals surface area contributed by atoms with E-state index in [9.17, 15) is 0 Å². The molecular weight excluding hydrogens is 274 g/mol. The van der Waals surface area contributed by atoms with Gasteiger partial charge in [-0.15, -0.1) is 0 Å². The first-order valence-corrected chi connectivity index (χ1v) is 7.95. The van der Waals surface area contributed by atoms with Crippen LogP contribution in [0.1, 0.15) is 25.5 Å². The van der Waals surface area contributed by atoms with Crippen molar-refractivity contribution in [3.63, 3.8) is 0 Å². The normalized spacial score (nSPS) is 15.8. The summed E-state index contributed by atoms with van der Waals surface area (Å²) in [6, 6.07) is 12.4. The second-order valence-electron chi connectivity index (χ2n) is 5.71. The number of benzene rings is 1. The SMILES string of the molecule is CCc1cc(N2CCC(N)CC2)nc(Nc2ccccc2)n1. The van der Waals surface area contributed by atoms with Gasteiger partial charge in [-0.25, -0.2) is 4.98 Å². The number of anilines is 3. The molecule has 1 aliphatic rings. The van der Waals surface area contributed by atoms with Crippen LogP contribution in [0.5, 0.6) is 0 Å².